The van der Waals surface area contributed by atoms with Gasteiger partial charge in [0, 0.05) is 17.4 Å². The lowest BCUT2D eigenvalue weighted by Crippen LogP contribution is -2.53. The highest BCUT2D eigenvalue weighted by molar-refractivity contribution is 5.78. The van der Waals surface area contributed by atoms with Crippen LogP contribution in [0.4, 0.5) is 0 Å². The maximum atomic E-state index is 11.9. The first-order chi connectivity index (χ1) is 7.28. The molecule has 2 atom stereocenters. The van der Waals surface area contributed by atoms with Crippen molar-refractivity contribution in [2.45, 2.75) is 65.1 Å². The number of hydrogen-bond acceptors (Lipinski definition) is 3. The van der Waals surface area contributed by atoms with Gasteiger partial charge in [0.05, 0.1) is 0 Å². The number of fused-ring (bicyclic) bond motifs is 2. The van der Waals surface area contributed by atoms with Crippen LogP contribution in [-0.2, 0) is 9.53 Å². The average molecular weight is 225 g/mol. The van der Waals surface area contributed by atoms with Gasteiger partial charge in [-0.1, -0.05) is 20.8 Å². The van der Waals surface area contributed by atoms with Crippen LogP contribution >= 0.6 is 0 Å². The Morgan fingerprint density at radius 3 is 2.56 bits per heavy atom. The summed E-state index contributed by atoms with van der Waals surface area (Å²) in [5, 5.41) is 0. The van der Waals surface area contributed by atoms with Crippen molar-refractivity contribution in [3.63, 3.8) is 0 Å². The molecule has 0 spiro atoms. The number of rotatable bonds is 1. The Labute approximate surface area is 98.1 Å². The molecular formula is C13H23NO2. The van der Waals surface area contributed by atoms with Crippen LogP contribution in [0.15, 0.2) is 0 Å². The lowest BCUT2D eigenvalue weighted by atomic mass is 9.76. The number of carbonyl (C=O) groups excluding carboxylic acids is 1. The van der Waals surface area contributed by atoms with Gasteiger partial charge in [0.2, 0.25) is 0 Å². The molecule has 2 aliphatic rings. The quantitative estimate of drug-likeness (QED) is 0.641. The summed E-state index contributed by atoms with van der Waals surface area (Å²) in [4.78, 5) is 14.2. The van der Waals surface area contributed by atoms with E-state index in [-0.39, 0.29) is 29.1 Å². The van der Waals surface area contributed by atoms with Crippen LogP contribution in [-0.4, -0.2) is 35.1 Å². The molecule has 0 N–H and O–H groups in total. The smallest absolute Gasteiger partial charge is 0.323 e. The first-order valence-corrected chi connectivity index (χ1v) is 6.25. The van der Waals surface area contributed by atoms with E-state index < -0.39 is 0 Å². The lowest BCUT2D eigenvalue weighted by molar-refractivity contribution is -0.155. The first-order valence-electron chi connectivity index (χ1n) is 6.25. The zero-order chi connectivity index (χ0) is 12.1. The van der Waals surface area contributed by atoms with E-state index in [1.54, 1.807) is 0 Å². The number of carbonyl (C=O) groups is 1. The molecule has 0 saturated carbocycles. The third kappa shape index (κ3) is 1.65. The summed E-state index contributed by atoms with van der Waals surface area (Å²) in [5.41, 5.74) is 0.162. The number of nitrogens with zero attached hydrogens (tertiary/aromatic N) is 1. The van der Waals surface area contributed by atoms with Crippen LogP contribution in [0.25, 0.3) is 0 Å². The van der Waals surface area contributed by atoms with Gasteiger partial charge in [0.1, 0.15) is 12.1 Å². The molecule has 3 heteroatoms. The van der Waals surface area contributed by atoms with Crippen molar-refractivity contribution >= 4 is 5.97 Å². The monoisotopic (exact) mass is 225 g/mol. The third-order valence-electron chi connectivity index (χ3n) is 4.22. The standard InChI is InChI=1S/C13H23NO2/c1-6-14-9-7-10(16-11(9)15)12(2,3)8-13(14,4)5/h9-10H,6-8H2,1-5H3. The van der Waals surface area contributed by atoms with Gasteiger partial charge in [-0.2, -0.15) is 0 Å². The Morgan fingerprint density at radius 2 is 2.00 bits per heavy atom. The van der Waals surface area contributed by atoms with Crippen LogP contribution < -0.4 is 0 Å². The topological polar surface area (TPSA) is 29.5 Å². The Hall–Kier alpha value is -0.570. The summed E-state index contributed by atoms with van der Waals surface area (Å²) in [6.07, 6.45) is 2.03. The van der Waals surface area contributed by atoms with Gasteiger partial charge in [0.15, 0.2) is 0 Å². The molecule has 2 rings (SSSR count). The molecule has 0 aromatic heterocycles. The van der Waals surface area contributed by atoms with Crippen molar-refractivity contribution in [3.8, 4) is 0 Å². The van der Waals surface area contributed by atoms with Crippen LogP contribution in [0.1, 0.15) is 47.5 Å². The van der Waals surface area contributed by atoms with E-state index in [1.807, 2.05) is 0 Å². The molecule has 0 aromatic carbocycles. The molecule has 0 radical (unpaired) electrons. The van der Waals surface area contributed by atoms with Crippen molar-refractivity contribution in [2.75, 3.05) is 6.54 Å². The third-order valence-corrected chi connectivity index (χ3v) is 4.22. The Morgan fingerprint density at radius 1 is 1.38 bits per heavy atom. The van der Waals surface area contributed by atoms with Crippen LogP contribution in [0.3, 0.4) is 0 Å². The van der Waals surface area contributed by atoms with Crippen LogP contribution in [0.5, 0.6) is 0 Å². The number of ether oxygens (including phenoxy) is 1. The van der Waals surface area contributed by atoms with E-state index in [2.05, 4.69) is 39.5 Å². The molecule has 3 nitrogen and oxygen atoms in total. The second-order valence-corrected chi connectivity index (χ2v) is 6.44. The van der Waals surface area contributed by atoms with E-state index in [4.69, 9.17) is 4.74 Å². The Balaban J connectivity index is 2.39. The second kappa shape index (κ2) is 3.46. The van der Waals surface area contributed by atoms with Gasteiger partial charge < -0.3 is 4.74 Å². The zero-order valence-electron chi connectivity index (χ0n) is 11.0. The van der Waals surface area contributed by atoms with E-state index in [0.717, 1.165) is 19.4 Å². The fraction of sp³-hybridized carbons (Fsp3) is 0.923. The second-order valence-electron chi connectivity index (χ2n) is 6.44. The number of esters is 1. The van der Waals surface area contributed by atoms with Gasteiger partial charge in [0.25, 0.3) is 0 Å². The molecule has 2 unspecified atom stereocenters. The average Bonchev–Trinajstić information content (AvgIpc) is 2.44. The molecule has 0 aromatic rings. The molecule has 2 fully saturated rings. The minimum Gasteiger partial charge on any atom is -0.461 e. The van der Waals surface area contributed by atoms with E-state index in [1.165, 1.54) is 0 Å². The fourth-order valence-electron chi connectivity index (χ4n) is 3.70. The van der Waals surface area contributed by atoms with Gasteiger partial charge >= 0.3 is 5.97 Å². The molecule has 16 heavy (non-hydrogen) atoms. The summed E-state index contributed by atoms with van der Waals surface area (Å²) < 4.78 is 5.53. The highest BCUT2D eigenvalue weighted by Crippen LogP contribution is 2.45. The molecule has 2 bridgehead atoms. The predicted octanol–water partition coefficient (Wildman–Crippen LogP) is 2.20. The normalized spacial score (nSPS) is 36.9. The molecule has 2 heterocycles. The van der Waals surface area contributed by atoms with Crippen molar-refractivity contribution < 1.29 is 9.53 Å². The SMILES string of the molecule is CCN1C2CC(OC2=O)C(C)(C)CC1(C)C. The molecule has 92 valence electrons. The summed E-state index contributed by atoms with van der Waals surface area (Å²) in [6, 6.07) is -0.0215. The highest BCUT2D eigenvalue weighted by Gasteiger charge is 2.53. The number of likely N-dealkylation sites (tertiary alicyclic amines) is 1. The van der Waals surface area contributed by atoms with Crippen molar-refractivity contribution in [1.29, 1.82) is 0 Å². The largest absolute Gasteiger partial charge is 0.461 e. The van der Waals surface area contributed by atoms with Gasteiger partial charge in [-0.25, -0.2) is 0 Å². The zero-order valence-corrected chi connectivity index (χ0v) is 11.0. The summed E-state index contributed by atoms with van der Waals surface area (Å²) in [7, 11) is 0. The van der Waals surface area contributed by atoms with E-state index >= 15 is 0 Å². The van der Waals surface area contributed by atoms with Crippen molar-refractivity contribution in [3.05, 3.63) is 0 Å². The van der Waals surface area contributed by atoms with Gasteiger partial charge in [-0.05, 0) is 26.8 Å². The molecule has 2 saturated heterocycles. The first kappa shape index (κ1) is 11.9. The highest BCUT2D eigenvalue weighted by atomic mass is 16.6. The fourth-order valence-corrected chi connectivity index (χ4v) is 3.70. The van der Waals surface area contributed by atoms with Gasteiger partial charge in [-0.3, -0.25) is 9.69 Å². The predicted molar refractivity (Wildman–Crippen MR) is 63.1 cm³/mol. The van der Waals surface area contributed by atoms with Crippen molar-refractivity contribution in [1.82, 2.24) is 4.90 Å². The van der Waals surface area contributed by atoms with Crippen molar-refractivity contribution in [2.24, 2.45) is 5.41 Å². The Bertz CT molecular complexity index is 309. The van der Waals surface area contributed by atoms with Crippen LogP contribution in [0.2, 0.25) is 0 Å². The minimum absolute atomic E-state index is 0.0206. The molecule has 0 aliphatic carbocycles. The minimum atomic E-state index is -0.0215. The van der Waals surface area contributed by atoms with Crippen LogP contribution in [0, 0.1) is 5.41 Å². The Kier molecular flexibility index (Phi) is 2.57. The van der Waals surface area contributed by atoms with E-state index in [0.29, 0.717) is 0 Å². The van der Waals surface area contributed by atoms with E-state index in [9.17, 15) is 4.79 Å². The maximum Gasteiger partial charge on any atom is 0.323 e. The summed E-state index contributed by atoms with van der Waals surface area (Å²) >= 11 is 0. The molecular weight excluding hydrogens is 202 g/mol. The lowest BCUT2D eigenvalue weighted by Gasteiger charge is -2.44. The molecule has 0 amide bonds. The maximum absolute atomic E-state index is 11.9. The molecule has 2 aliphatic heterocycles. The van der Waals surface area contributed by atoms with Gasteiger partial charge in [-0.15, -0.1) is 0 Å². The summed E-state index contributed by atoms with van der Waals surface area (Å²) in [6.45, 7) is 12.0. The number of likely N-dealkylation sites (N-methyl/N-ethyl adjacent to an activating group) is 1. The summed E-state index contributed by atoms with van der Waals surface area (Å²) in [5.74, 6) is -0.0206. The number of hydrogen-bond donors (Lipinski definition) is 0.